The van der Waals surface area contributed by atoms with E-state index in [2.05, 4.69) is 4.72 Å². The van der Waals surface area contributed by atoms with Gasteiger partial charge in [0.2, 0.25) is 0 Å². The predicted molar refractivity (Wildman–Crippen MR) is 67.3 cm³/mol. The summed E-state index contributed by atoms with van der Waals surface area (Å²) in [5.74, 6) is 0. The molecule has 1 aromatic rings. The third kappa shape index (κ3) is 2.59. The van der Waals surface area contributed by atoms with Crippen molar-refractivity contribution in [2.24, 2.45) is 0 Å². The Labute approximate surface area is 102 Å². The van der Waals surface area contributed by atoms with Gasteiger partial charge in [0.05, 0.1) is 0 Å². The van der Waals surface area contributed by atoms with Gasteiger partial charge >= 0.3 is 0 Å². The van der Waals surface area contributed by atoms with Crippen LogP contribution in [0.25, 0.3) is 0 Å². The van der Waals surface area contributed by atoms with E-state index < -0.39 is 10.2 Å². The molecule has 1 aliphatic rings. The van der Waals surface area contributed by atoms with Crippen LogP contribution >= 0.6 is 0 Å². The monoisotopic (exact) mass is 255 g/mol. The molecule has 0 saturated heterocycles. The summed E-state index contributed by atoms with van der Waals surface area (Å²) >= 11 is 0. The van der Waals surface area contributed by atoms with E-state index in [1.807, 2.05) is 19.1 Å². The van der Waals surface area contributed by atoms with E-state index in [4.69, 9.17) is 5.73 Å². The number of nitrogen functional groups attached to an aromatic ring is 1. The Morgan fingerprint density at radius 1 is 1.35 bits per heavy atom. The summed E-state index contributed by atoms with van der Waals surface area (Å²) < 4.78 is 27.9. The molecule has 0 amide bonds. The summed E-state index contributed by atoms with van der Waals surface area (Å²) in [6, 6.07) is 5.53. The lowest BCUT2D eigenvalue weighted by atomic mass is 10.1. The molecule has 1 aliphatic heterocycles. The first kappa shape index (κ1) is 12.3. The van der Waals surface area contributed by atoms with Crippen molar-refractivity contribution >= 4 is 15.9 Å². The van der Waals surface area contributed by atoms with Crippen LogP contribution in [0, 0.1) is 0 Å². The molecule has 5 nitrogen and oxygen atoms in total. The molecule has 0 saturated carbocycles. The number of anilines is 1. The number of nitrogens with two attached hydrogens (primary N) is 1. The Bertz CT molecular complexity index is 513. The van der Waals surface area contributed by atoms with Crippen molar-refractivity contribution in [1.82, 2.24) is 9.03 Å². The molecule has 0 atom stereocenters. The lowest BCUT2D eigenvalue weighted by Crippen LogP contribution is -2.37. The van der Waals surface area contributed by atoms with Crippen molar-refractivity contribution in [1.29, 1.82) is 0 Å². The van der Waals surface area contributed by atoms with Crippen molar-refractivity contribution in [2.75, 3.05) is 12.3 Å². The molecule has 17 heavy (non-hydrogen) atoms. The first-order chi connectivity index (χ1) is 8.03. The van der Waals surface area contributed by atoms with E-state index in [0.717, 1.165) is 17.5 Å². The van der Waals surface area contributed by atoms with Crippen molar-refractivity contribution in [3.05, 3.63) is 29.3 Å². The number of nitrogens with one attached hydrogen (secondary N) is 1. The summed E-state index contributed by atoms with van der Waals surface area (Å²) in [5, 5.41) is 0. The zero-order valence-electron chi connectivity index (χ0n) is 9.81. The van der Waals surface area contributed by atoms with E-state index in [9.17, 15) is 8.42 Å². The van der Waals surface area contributed by atoms with Gasteiger partial charge in [-0.25, -0.2) is 4.72 Å². The minimum atomic E-state index is -3.36. The zero-order valence-corrected chi connectivity index (χ0v) is 10.6. The highest BCUT2D eigenvalue weighted by Crippen LogP contribution is 2.26. The predicted octanol–water partition coefficient (Wildman–Crippen LogP) is 0.829. The highest BCUT2D eigenvalue weighted by molar-refractivity contribution is 7.87. The fourth-order valence-electron chi connectivity index (χ4n) is 1.88. The van der Waals surface area contributed by atoms with Gasteiger partial charge in [0.25, 0.3) is 10.2 Å². The molecule has 3 N–H and O–H groups in total. The Hall–Kier alpha value is -1.11. The quantitative estimate of drug-likeness (QED) is 0.782. The van der Waals surface area contributed by atoms with Crippen molar-refractivity contribution in [3.63, 3.8) is 0 Å². The van der Waals surface area contributed by atoms with Crippen LogP contribution in [0.2, 0.25) is 0 Å². The fourth-order valence-corrected chi connectivity index (χ4v) is 3.14. The smallest absolute Gasteiger partial charge is 0.280 e. The van der Waals surface area contributed by atoms with Gasteiger partial charge in [-0.1, -0.05) is 13.0 Å². The third-order valence-electron chi connectivity index (χ3n) is 2.80. The number of hydrogen-bond donors (Lipinski definition) is 2. The van der Waals surface area contributed by atoms with Crippen LogP contribution in [0.1, 0.15) is 24.5 Å². The fraction of sp³-hybridized carbons (Fsp3) is 0.455. The number of nitrogens with zero attached hydrogens (tertiary/aromatic N) is 1. The summed E-state index contributed by atoms with van der Waals surface area (Å²) in [7, 11) is -3.36. The van der Waals surface area contributed by atoms with Gasteiger partial charge in [-0.05, 0) is 29.7 Å². The molecule has 0 spiro atoms. The van der Waals surface area contributed by atoms with Crippen LogP contribution in [0.5, 0.6) is 0 Å². The molecule has 0 fully saturated rings. The normalized spacial score (nSPS) is 16.1. The molecule has 1 aromatic carbocycles. The summed E-state index contributed by atoms with van der Waals surface area (Å²) in [6.45, 7) is 3.23. The van der Waals surface area contributed by atoms with Crippen LogP contribution in [-0.4, -0.2) is 19.3 Å². The minimum Gasteiger partial charge on any atom is -0.399 e. The summed E-state index contributed by atoms with van der Waals surface area (Å²) in [5.41, 5.74) is 8.37. The summed E-state index contributed by atoms with van der Waals surface area (Å²) in [6.07, 6.45) is 0.785. The molecule has 0 bridgehead atoms. The van der Waals surface area contributed by atoms with E-state index in [0.29, 0.717) is 25.3 Å². The zero-order chi connectivity index (χ0) is 12.5. The average molecular weight is 255 g/mol. The van der Waals surface area contributed by atoms with Gasteiger partial charge in [-0.15, -0.1) is 0 Å². The number of rotatable bonds is 4. The topological polar surface area (TPSA) is 75.4 Å². The molecule has 0 unspecified atom stereocenters. The molecule has 6 heteroatoms. The van der Waals surface area contributed by atoms with E-state index >= 15 is 0 Å². The second-order valence-electron chi connectivity index (χ2n) is 4.20. The van der Waals surface area contributed by atoms with Crippen molar-refractivity contribution in [3.8, 4) is 0 Å². The van der Waals surface area contributed by atoms with Gasteiger partial charge in [-0.3, -0.25) is 0 Å². The maximum absolute atomic E-state index is 11.9. The Kier molecular flexibility index (Phi) is 3.37. The maximum atomic E-state index is 11.9. The Morgan fingerprint density at radius 3 is 2.76 bits per heavy atom. The molecule has 0 aromatic heterocycles. The van der Waals surface area contributed by atoms with Crippen LogP contribution in [0.4, 0.5) is 5.69 Å². The highest BCUT2D eigenvalue weighted by atomic mass is 32.2. The van der Waals surface area contributed by atoms with Gasteiger partial charge in [0, 0.05) is 25.3 Å². The largest absolute Gasteiger partial charge is 0.399 e. The van der Waals surface area contributed by atoms with Gasteiger partial charge in [0.1, 0.15) is 0 Å². The van der Waals surface area contributed by atoms with Crippen LogP contribution in [0.15, 0.2) is 18.2 Å². The van der Waals surface area contributed by atoms with E-state index in [1.165, 1.54) is 4.31 Å². The first-order valence-electron chi connectivity index (χ1n) is 5.65. The number of benzene rings is 1. The van der Waals surface area contributed by atoms with Gasteiger partial charge < -0.3 is 5.73 Å². The molecule has 2 rings (SSSR count). The second kappa shape index (κ2) is 4.64. The number of fused-ring (bicyclic) bond motifs is 1. The van der Waals surface area contributed by atoms with Crippen LogP contribution < -0.4 is 10.5 Å². The average Bonchev–Trinajstić information content (AvgIpc) is 2.70. The molecule has 94 valence electrons. The SMILES string of the molecule is CCCNS(=O)(=O)N1Cc2ccc(N)cc2C1. The molecule has 0 aliphatic carbocycles. The second-order valence-corrected chi connectivity index (χ2v) is 5.95. The highest BCUT2D eigenvalue weighted by Gasteiger charge is 2.28. The van der Waals surface area contributed by atoms with Gasteiger partial charge in [-0.2, -0.15) is 12.7 Å². The van der Waals surface area contributed by atoms with E-state index in [-0.39, 0.29) is 0 Å². The van der Waals surface area contributed by atoms with Gasteiger partial charge in [0.15, 0.2) is 0 Å². The Morgan fingerprint density at radius 2 is 2.06 bits per heavy atom. The number of hydrogen-bond acceptors (Lipinski definition) is 3. The third-order valence-corrected chi connectivity index (χ3v) is 4.31. The first-order valence-corrected chi connectivity index (χ1v) is 7.09. The minimum absolute atomic E-state index is 0.402. The van der Waals surface area contributed by atoms with E-state index in [1.54, 1.807) is 6.07 Å². The standard InChI is InChI=1S/C11H17N3O2S/c1-2-5-13-17(15,16)14-7-9-3-4-11(12)6-10(9)8-14/h3-4,6,13H,2,5,7-8,12H2,1H3. The molecule has 1 heterocycles. The Balaban J connectivity index is 2.14. The molecule has 0 radical (unpaired) electrons. The maximum Gasteiger partial charge on any atom is 0.280 e. The van der Waals surface area contributed by atoms with Crippen molar-refractivity contribution < 1.29 is 8.42 Å². The van der Waals surface area contributed by atoms with Crippen LogP contribution in [0.3, 0.4) is 0 Å². The molecular formula is C11H17N3O2S. The molecular weight excluding hydrogens is 238 g/mol. The lowest BCUT2D eigenvalue weighted by Gasteiger charge is -2.15. The lowest BCUT2D eigenvalue weighted by molar-refractivity contribution is 0.422. The van der Waals surface area contributed by atoms with Crippen LogP contribution in [-0.2, 0) is 23.3 Å². The summed E-state index contributed by atoms with van der Waals surface area (Å²) in [4.78, 5) is 0. The van der Waals surface area contributed by atoms with Crippen molar-refractivity contribution in [2.45, 2.75) is 26.4 Å².